The van der Waals surface area contributed by atoms with Crippen molar-refractivity contribution in [1.82, 2.24) is 15.2 Å². The number of ether oxygens (including phenoxy) is 1. The van der Waals surface area contributed by atoms with Crippen molar-refractivity contribution in [3.05, 3.63) is 36.5 Å². The van der Waals surface area contributed by atoms with Gasteiger partial charge in [0.05, 0.1) is 12.3 Å². The second-order valence-corrected chi connectivity index (χ2v) is 6.37. The van der Waals surface area contributed by atoms with Crippen LogP contribution in [0.2, 0.25) is 0 Å². The fraction of sp³-hybridized carbons (Fsp3) is 0.421. The summed E-state index contributed by atoms with van der Waals surface area (Å²) in [7, 11) is 0. The molecule has 6 nitrogen and oxygen atoms in total. The van der Waals surface area contributed by atoms with Gasteiger partial charge in [0.25, 0.3) is 0 Å². The fourth-order valence-electron chi connectivity index (χ4n) is 3.20. The first kappa shape index (κ1) is 16.0. The van der Waals surface area contributed by atoms with Crippen LogP contribution in [-0.4, -0.2) is 41.0 Å². The fourth-order valence-corrected chi connectivity index (χ4v) is 3.20. The van der Waals surface area contributed by atoms with Gasteiger partial charge in [-0.1, -0.05) is 25.1 Å². The van der Waals surface area contributed by atoms with E-state index in [4.69, 9.17) is 9.15 Å². The van der Waals surface area contributed by atoms with Crippen LogP contribution in [0.5, 0.6) is 0 Å². The number of fused-ring (bicyclic) bond motifs is 1. The molecule has 0 bridgehead atoms. The first-order valence-electron chi connectivity index (χ1n) is 8.88. The minimum absolute atomic E-state index is 0.243. The number of rotatable bonds is 5. The molecule has 0 aliphatic carbocycles. The van der Waals surface area contributed by atoms with Crippen molar-refractivity contribution >= 4 is 16.9 Å². The predicted molar refractivity (Wildman–Crippen MR) is 96.5 cm³/mol. The van der Waals surface area contributed by atoms with Gasteiger partial charge in [0.15, 0.2) is 5.76 Å². The summed E-state index contributed by atoms with van der Waals surface area (Å²) in [5.74, 6) is 1.36. The molecule has 6 heteroatoms. The van der Waals surface area contributed by atoms with Crippen LogP contribution in [0.15, 0.2) is 40.9 Å². The van der Waals surface area contributed by atoms with Crippen molar-refractivity contribution in [2.45, 2.75) is 32.3 Å². The van der Waals surface area contributed by atoms with Crippen LogP contribution in [0, 0.1) is 0 Å². The Morgan fingerprint density at radius 3 is 3.12 bits per heavy atom. The van der Waals surface area contributed by atoms with E-state index < -0.39 is 0 Å². The average molecular weight is 338 g/mol. The lowest BCUT2D eigenvalue weighted by Gasteiger charge is -2.32. The van der Waals surface area contributed by atoms with Gasteiger partial charge in [0.1, 0.15) is 11.3 Å². The van der Waals surface area contributed by atoms with Crippen molar-refractivity contribution in [1.29, 1.82) is 0 Å². The molecular formula is C19H22N4O2. The molecule has 0 spiro atoms. The molecule has 2 aromatic heterocycles. The van der Waals surface area contributed by atoms with Crippen molar-refractivity contribution in [2.24, 2.45) is 0 Å². The van der Waals surface area contributed by atoms with E-state index in [1.807, 2.05) is 30.3 Å². The first-order valence-corrected chi connectivity index (χ1v) is 8.88. The second-order valence-electron chi connectivity index (χ2n) is 6.37. The number of hydrogen-bond donors (Lipinski definition) is 0. The Balaban J connectivity index is 1.56. The van der Waals surface area contributed by atoms with E-state index in [9.17, 15) is 0 Å². The third kappa shape index (κ3) is 3.49. The average Bonchev–Trinajstić information content (AvgIpc) is 3.11. The Hall–Kier alpha value is -2.47. The Labute approximate surface area is 146 Å². The highest BCUT2D eigenvalue weighted by Gasteiger charge is 2.23. The molecule has 1 aliphatic rings. The Morgan fingerprint density at radius 2 is 2.24 bits per heavy atom. The summed E-state index contributed by atoms with van der Waals surface area (Å²) >= 11 is 0. The largest absolute Gasteiger partial charge is 0.454 e. The summed E-state index contributed by atoms with van der Waals surface area (Å²) in [5.41, 5.74) is 1.56. The number of furan rings is 1. The molecule has 1 aliphatic heterocycles. The molecule has 1 aromatic carbocycles. The molecule has 0 radical (unpaired) electrons. The lowest BCUT2D eigenvalue weighted by Crippen LogP contribution is -2.40. The zero-order valence-electron chi connectivity index (χ0n) is 14.4. The molecule has 0 unspecified atom stereocenters. The quantitative estimate of drug-likeness (QED) is 0.707. The minimum atomic E-state index is 0.243. The van der Waals surface area contributed by atoms with Gasteiger partial charge in [0, 0.05) is 25.1 Å². The number of anilines is 1. The van der Waals surface area contributed by atoms with Gasteiger partial charge < -0.3 is 14.1 Å². The highest BCUT2D eigenvalue weighted by Crippen LogP contribution is 2.27. The van der Waals surface area contributed by atoms with Gasteiger partial charge in [-0.15, -0.1) is 5.10 Å². The zero-order valence-corrected chi connectivity index (χ0v) is 14.4. The monoisotopic (exact) mass is 338 g/mol. The van der Waals surface area contributed by atoms with E-state index in [0.717, 1.165) is 49.9 Å². The molecule has 0 saturated carbocycles. The smallest absolute Gasteiger partial charge is 0.246 e. The van der Waals surface area contributed by atoms with Crippen LogP contribution in [0.1, 0.15) is 26.2 Å². The van der Waals surface area contributed by atoms with E-state index in [0.29, 0.717) is 17.4 Å². The van der Waals surface area contributed by atoms with Gasteiger partial charge in [-0.25, -0.2) is 4.98 Å². The highest BCUT2D eigenvalue weighted by atomic mass is 16.5. The molecule has 130 valence electrons. The van der Waals surface area contributed by atoms with Crippen LogP contribution < -0.4 is 4.90 Å². The number of benzene rings is 1. The first-order chi connectivity index (χ1) is 12.3. The van der Waals surface area contributed by atoms with Crippen LogP contribution in [0.4, 0.5) is 5.95 Å². The molecule has 1 fully saturated rings. The summed E-state index contributed by atoms with van der Waals surface area (Å²) in [5, 5.41) is 9.42. The number of hydrogen-bond acceptors (Lipinski definition) is 6. The number of aromatic nitrogens is 3. The summed E-state index contributed by atoms with van der Waals surface area (Å²) in [6, 6.07) is 9.93. The molecule has 25 heavy (non-hydrogen) atoms. The van der Waals surface area contributed by atoms with E-state index in [1.54, 1.807) is 6.20 Å². The topological polar surface area (TPSA) is 64.3 Å². The van der Waals surface area contributed by atoms with Crippen molar-refractivity contribution in [2.75, 3.05) is 24.6 Å². The van der Waals surface area contributed by atoms with Crippen LogP contribution in [0.3, 0.4) is 0 Å². The maximum atomic E-state index is 5.90. The standard InChI is InChI=1S/C19H22N4O2/c1-2-10-24-15-7-5-9-23(13-15)19-21-16(12-20-22-19)18-11-14-6-3-4-8-17(14)25-18/h3-4,6,8,11-12,15H,2,5,7,9-10,13H2,1H3/t15-/m0/s1. The minimum Gasteiger partial charge on any atom is -0.454 e. The third-order valence-corrected chi connectivity index (χ3v) is 4.44. The van der Waals surface area contributed by atoms with E-state index in [-0.39, 0.29) is 6.10 Å². The van der Waals surface area contributed by atoms with Crippen molar-refractivity contribution < 1.29 is 9.15 Å². The molecule has 4 rings (SSSR count). The van der Waals surface area contributed by atoms with E-state index in [1.165, 1.54) is 0 Å². The van der Waals surface area contributed by atoms with Crippen LogP contribution >= 0.6 is 0 Å². The summed E-state index contributed by atoms with van der Waals surface area (Å²) in [6.07, 6.45) is 5.10. The van der Waals surface area contributed by atoms with Gasteiger partial charge in [-0.2, -0.15) is 5.10 Å². The van der Waals surface area contributed by atoms with Crippen molar-refractivity contribution in [3.8, 4) is 11.5 Å². The van der Waals surface area contributed by atoms with Gasteiger partial charge in [0.2, 0.25) is 5.95 Å². The van der Waals surface area contributed by atoms with Gasteiger partial charge in [-0.05, 0) is 31.4 Å². The molecule has 1 atom stereocenters. The Morgan fingerprint density at radius 1 is 1.32 bits per heavy atom. The SMILES string of the molecule is CCCO[C@H]1CCCN(c2nncc(-c3cc4ccccc4o3)n2)C1. The van der Waals surface area contributed by atoms with E-state index >= 15 is 0 Å². The highest BCUT2D eigenvalue weighted by molar-refractivity contribution is 5.82. The molecule has 3 aromatic rings. The van der Waals surface area contributed by atoms with Gasteiger partial charge >= 0.3 is 0 Å². The molecule has 0 N–H and O–H groups in total. The molecular weight excluding hydrogens is 316 g/mol. The Kier molecular flexibility index (Phi) is 4.61. The number of nitrogens with zero attached hydrogens (tertiary/aromatic N) is 4. The number of piperidine rings is 1. The summed E-state index contributed by atoms with van der Waals surface area (Å²) in [6.45, 7) is 4.67. The molecule has 3 heterocycles. The predicted octanol–water partition coefficient (Wildman–Crippen LogP) is 3.68. The van der Waals surface area contributed by atoms with Gasteiger partial charge in [-0.3, -0.25) is 0 Å². The second kappa shape index (κ2) is 7.19. The van der Waals surface area contributed by atoms with Crippen LogP contribution in [0.25, 0.3) is 22.4 Å². The third-order valence-electron chi connectivity index (χ3n) is 4.44. The van der Waals surface area contributed by atoms with Crippen molar-refractivity contribution in [3.63, 3.8) is 0 Å². The lowest BCUT2D eigenvalue weighted by molar-refractivity contribution is 0.0437. The maximum absolute atomic E-state index is 5.90. The zero-order chi connectivity index (χ0) is 17.1. The number of para-hydroxylation sites is 1. The summed E-state index contributed by atoms with van der Waals surface area (Å²) < 4.78 is 11.8. The molecule has 1 saturated heterocycles. The lowest BCUT2D eigenvalue weighted by atomic mass is 10.1. The normalized spacial score (nSPS) is 18.0. The maximum Gasteiger partial charge on any atom is 0.246 e. The molecule has 0 amide bonds. The summed E-state index contributed by atoms with van der Waals surface area (Å²) in [4.78, 5) is 6.84. The van der Waals surface area contributed by atoms with Crippen LogP contribution in [-0.2, 0) is 4.74 Å². The Bertz CT molecular complexity index is 815. The van der Waals surface area contributed by atoms with E-state index in [2.05, 4.69) is 27.0 Å².